The molecule has 9 heteroatoms. The number of pyridine rings is 2. The number of carbonyl (C=O) groups is 1. The molecule has 0 spiro atoms. The molecule has 0 bridgehead atoms. The van der Waals surface area contributed by atoms with E-state index in [0.29, 0.717) is 24.3 Å². The summed E-state index contributed by atoms with van der Waals surface area (Å²) in [6, 6.07) is 3.79. The van der Waals surface area contributed by atoms with E-state index in [1.54, 1.807) is 17.2 Å². The van der Waals surface area contributed by atoms with Crippen molar-refractivity contribution >= 4 is 5.91 Å². The van der Waals surface area contributed by atoms with E-state index in [4.69, 9.17) is 9.47 Å². The fourth-order valence-corrected chi connectivity index (χ4v) is 3.05. The summed E-state index contributed by atoms with van der Waals surface area (Å²) in [5.41, 5.74) is 0.285. The quantitative estimate of drug-likeness (QED) is 0.496. The van der Waals surface area contributed by atoms with Crippen LogP contribution in [0.5, 0.6) is 5.88 Å². The minimum Gasteiger partial charge on any atom is -0.475 e. The first-order chi connectivity index (χ1) is 15.4. The third-order valence-electron chi connectivity index (χ3n) is 4.78. The smallest absolute Gasteiger partial charge is 0.417 e. The molecule has 1 amide bonds. The van der Waals surface area contributed by atoms with Gasteiger partial charge >= 0.3 is 6.18 Å². The van der Waals surface area contributed by atoms with E-state index in [2.05, 4.69) is 28.7 Å². The molecule has 3 heterocycles. The lowest BCUT2D eigenvalue weighted by Crippen LogP contribution is -2.47. The lowest BCUT2D eigenvalue weighted by atomic mass is 10.1. The molecule has 1 aliphatic rings. The monoisotopic (exact) mass is 447 g/mol. The molecule has 1 saturated heterocycles. The van der Waals surface area contributed by atoms with Crippen molar-refractivity contribution in [2.24, 2.45) is 0 Å². The molecule has 0 radical (unpaired) electrons. The van der Waals surface area contributed by atoms with Crippen LogP contribution in [0, 0.1) is 11.8 Å². The number of amides is 1. The maximum absolute atomic E-state index is 12.9. The maximum atomic E-state index is 12.9. The number of hydrogen-bond acceptors (Lipinski definition) is 5. The second kappa shape index (κ2) is 11.0. The van der Waals surface area contributed by atoms with Gasteiger partial charge in [0.25, 0.3) is 5.91 Å². The Morgan fingerprint density at radius 2 is 2.16 bits per heavy atom. The summed E-state index contributed by atoms with van der Waals surface area (Å²) >= 11 is 0. The maximum Gasteiger partial charge on any atom is 0.417 e. The SMILES string of the molecule is CCCCC#Cc1cncc(C(=O)N2CCOC(COc3ccc(C(F)(F)F)cn3)C2)c1. The lowest BCUT2D eigenvalue weighted by Gasteiger charge is -2.32. The number of unbranched alkanes of at least 4 members (excludes halogenated alkanes) is 2. The van der Waals surface area contributed by atoms with Crippen LogP contribution in [-0.4, -0.2) is 53.2 Å². The van der Waals surface area contributed by atoms with E-state index in [9.17, 15) is 18.0 Å². The van der Waals surface area contributed by atoms with Gasteiger partial charge in [-0.25, -0.2) is 4.98 Å². The largest absolute Gasteiger partial charge is 0.475 e. The summed E-state index contributed by atoms with van der Waals surface area (Å²) < 4.78 is 49.0. The Morgan fingerprint density at radius 3 is 2.88 bits per heavy atom. The molecule has 2 aromatic heterocycles. The van der Waals surface area contributed by atoms with Gasteiger partial charge in [0.05, 0.1) is 24.3 Å². The molecule has 32 heavy (non-hydrogen) atoms. The Morgan fingerprint density at radius 1 is 1.31 bits per heavy atom. The van der Waals surface area contributed by atoms with Gasteiger partial charge in [0.1, 0.15) is 12.7 Å². The summed E-state index contributed by atoms with van der Waals surface area (Å²) in [5, 5.41) is 0. The molecule has 170 valence electrons. The van der Waals surface area contributed by atoms with Gasteiger partial charge < -0.3 is 14.4 Å². The van der Waals surface area contributed by atoms with Crippen molar-refractivity contribution < 1.29 is 27.4 Å². The van der Waals surface area contributed by atoms with Crippen LogP contribution in [0.15, 0.2) is 36.8 Å². The van der Waals surface area contributed by atoms with Crippen LogP contribution in [0.3, 0.4) is 0 Å². The standard InChI is InChI=1S/C23H24F3N3O3/c1-2-3-4-5-6-17-11-18(13-27-12-17)22(30)29-9-10-31-20(15-29)16-32-21-8-7-19(14-28-21)23(24,25)26/h7-8,11-14,20H,2-4,9-10,15-16H2,1H3. The molecule has 1 unspecified atom stereocenters. The van der Waals surface area contributed by atoms with Crippen LogP contribution in [0.1, 0.15) is 47.7 Å². The van der Waals surface area contributed by atoms with E-state index in [1.165, 1.54) is 6.20 Å². The molecule has 1 fully saturated rings. The number of alkyl halides is 3. The van der Waals surface area contributed by atoms with E-state index in [0.717, 1.165) is 37.6 Å². The van der Waals surface area contributed by atoms with E-state index < -0.39 is 17.8 Å². The van der Waals surface area contributed by atoms with Gasteiger partial charge in [-0.2, -0.15) is 13.2 Å². The average molecular weight is 447 g/mol. The Kier molecular flexibility index (Phi) is 8.06. The van der Waals surface area contributed by atoms with Crippen molar-refractivity contribution in [1.29, 1.82) is 0 Å². The van der Waals surface area contributed by atoms with Crippen molar-refractivity contribution in [1.82, 2.24) is 14.9 Å². The van der Waals surface area contributed by atoms with E-state index in [-0.39, 0.29) is 24.9 Å². The normalized spacial score (nSPS) is 16.2. The predicted octanol–water partition coefficient (Wildman–Crippen LogP) is 3.96. The topological polar surface area (TPSA) is 64.6 Å². The predicted molar refractivity (Wildman–Crippen MR) is 111 cm³/mol. The molecule has 0 saturated carbocycles. The number of rotatable bonds is 6. The Bertz CT molecular complexity index is 968. The molecular formula is C23H24F3N3O3. The number of aromatic nitrogens is 2. The van der Waals surface area contributed by atoms with Crippen molar-refractivity contribution in [3.05, 3.63) is 53.5 Å². The minimum absolute atomic E-state index is 0.0589. The Balaban J connectivity index is 1.56. The van der Waals surface area contributed by atoms with Gasteiger partial charge in [-0.1, -0.05) is 25.2 Å². The first-order valence-corrected chi connectivity index (χ1v) is 10.4. The second-order valence-electron chi connectivity index (χ2n) is 7.31. The summed E-state index contributed by atoms with van der Waals surface area (Å²) in [5.74, 6) is 5.99. The van der Waals surface area contributed by atoms with Crippen LogP contribution in [0.25, 0.3) is 0 Å². The highest BCUT2D eigenvalue weighted by atomic mass is 19.4. The number of hydrogen-bond donors (Lipinski definition) is 0. The summed E-state index contributed by atoms with van der Waals surface area (Å²) in [6.45, 7) is 3.18. The first-order valence-electron chi connectivity index (χ1n) is 10.4. The molecule has 0 N–H and O–H groups in total. The van der Waals surface area contributed by atoms with Crippen LogP contribution in [0.4, 0.5) is 13.2 Å². The zero-order valence-electron chi connectivity index (χ0n) is 17.7. The molecule has 1 atom stereocenters. The molecule has 0 aromatic carbocycles. The molecule has 0 aliphatic carbocycles. The van der Waals surface area contributed by atoms with Crippen LogP contribution < -0.4 is 4.74 Å². The zero-order valence-corrected chi connectivity index (χ0v) is 17.7. The van der Waals surface area contributed by atoms with Gasteiger partial charge in [0, 0.05) is 43.2 Å². The highest BCUT2D eigenvalue weighted by Gasteiger charge is 2.31. The Hall–Kier alpha value is -3.12. The van der Waals surface area contributed by atoms with Crippen molar-refractivity contribution in [3.63, 3.8) is 0 Å². The Labute approximate surface area is 184 Å². The van der Waals surface area contributed by atoms with Crippen molar-refractivity contribution in [2.75, 3.05) is 26.3 Å². The summed E-state index contributed by atoms with van der Waals surface area (Å²) in [6.07, 6.45) is 1.87. The molecule has 3 rings (SSSR count). The molecule has 1 aliphatic heterocycles. The van der Waals surface area contributed by atoms with Gasteiger partial charge in [0.2, 0.25) is 5.88 Å². The fraction of sp³-hybridized carbons (Fsp3) is 0.435. The number of halogens is 3. The summed E-state index contributed by atoms with van der Waals surface area (Å²) in [4.78, 5) is 22.3. The van der Waals surface area contributed by atoms with Crippen LogP contribution in [-0.2, 0) is 10.9 Å². The molecule has 6 nitrogen and oxygen atoms in total. The van der Waals surface area contributed by atoms with Crippen LogP contribution in [0.2, 0.25) is 0 Å². The summed E-state index contributed by atoms with van der Waals surface area (Å²) in [7, 11) is 0. The fourth-order valence-electron chi connectivity index (χ4n) is 3.05. The van der Waals surface area contributed by atoms with E-state index in [1.807, 2.05) is 0 Å². The number of nitrogens with zero attached hydrogens (tertiary/aromatic N) is 3. The highest BCUT2D eigenvalue weighted by Crippen LogP contribution is 2.29. The van der Waals surface area contributed by atoms with Gasteiger partial charge in [-0.05, 0) is 18.6 Å². The third-order valence-corrected chi connectivity index (χ3v) is 4.78. The molecular weight excluding hydrogens is 423 g/mol. The number of ether oxygens (including phenoxy) is 2. The van der Waals surface area contributed by atoms with Crippen molar-refractivity contribution in [2.45, 2.75) is 38.5 Å². The van der Waals surface area contributed by atoms with Gasteiger partial charge in [-0.15, -0.1) is 0 Å². The van der Waals surface area contributed by atoms with Crippen LogP contribution >= 0.6 is 0 Å². The molecule has 2 aromatic rings. The average Bonchev–Trinajstić information content (AvgIpc) is 2.80. The minimum atomic E-state index is -4.45. The van der Waals surface area contributed by atoms with Gasteiger partial charge in [-0.3, -0.25) is 9.78 Å². The van der Waals surface area contributed by atoms with Crippen molar-refractivity contribution in [3.8, 4) is 17.7 Å². The first kappa shape index (κ1) is 23.5. The highest BCUT2D eigenvalue weighted by molar-refractivity contribution is 5.94. The van der Waals surface area contributed by atoms with Gasteiger partial charge in [0.15, 0.2) is 0 Å². The second-order valence-corrected chi connectivity index (χ2v) is 7.31. The zero-order chi connectivity index (χ0) is 23.0. The lowest BCUT2D eigenvalue weighted by molar-refractivity contribution is -0.137. The number of carbonyl (C=O) groups excluding carboxylic acids is 1. The number of morpholine rings is 1. The third kappa shape index (κ3) is 6.69. The van der Waals surface area contributed by atoms with E-state index >= 15 is 0 Å².